The van der Waals surface area contributed by atoms with Crippen molar-refractivity contribution in [3.8, 4) is 11.5 Å². The molecule has 2 rings (SSSR count). The summed E-state index contributed by atoms with van der Waals surface area (Å²) in [6.45, 7) is 2.36. The van der Waals surface area contributed by atoms with Crippen molar-refractivity contribution in [3.63, 3.8) is 0 Å². The number of hydrogen-bond donors (Lipinski definition) is 1. The van der Waals surface area contributed by atoms with Crippen molar-refractivity contribution in [2.75, 3.05) is 12.8 Å². The van der Waals surface area contributed by atoms with Crippen molar-refractivity contribution in [2.24, 2.45) is 0 Å². The van der Waals surface area contributed by atoms with Gasteiger partial charge in [-0.3, -0.25) is 0 Å². The molecule has 0 fully saturated rings. The number of anilines is 1. The van der Waals surface area contributed by atoms with Crippen LogP contribution in [0.5, 0.6) is 11.5 Å². The molecular weight excluding hydrogens is 262 g/mol. The minimum atomic E-state index is 0.421. The van der Waals surface area contributed by atoms with Crippen LogP contribution in [0.3, 0.4) is 0 Å². The summed E-state index contributed by atoms with van der Waals surface area (Å²) in [5, 5.41) is 0.734. The molecule has 0 unspecified atom stereocenters. The molecule has 2 aromatic carbocycles. The number of benzene rings is 2. The fourth-order valence-corrected chi connectivity index (χ4v) is 1.87. The number of aryl methyl sites for hydroxylation is 1. The molecular formula is C15H16ClNO2. The largest absolute Gasteiger partial charge is 0.496 e. The first-order chi connectivity index (χ1) is 9.10. The second-order valence-electron chi connectivity index (χ2n) is 4.27. The Morgan fingerprint density at radius 1 is 1.16 bits per heavy atom. The van der Waals surface area contributed by atoms with Crippen LogP contribution in [0.4, 0.5) is 5.69 Å². The first-order valence-corrected chi connectivity index (χ1v) is 6.29. The van der Waals surface area contributed by atoms with Crippen molar-refractivity contribution in [1.29, 1.82) is 0 Å². The van der Waals surface area contributed by atoms with E-state index in [0.29, 0.717) is 12.3 Å². The lowest BCUT2D eigenvalue weighted by Gasteiger charge is -2.11. The lowest BCUT2D eigenvalue weighted by atomic mass is 10.2. The molecule has 0 saturated heterocycles. The molecule has 4 heteroatoms. The molecule has 0 spiro atoms. The van der Waals surface area contributed by atoms with E-state index >= 15 is 0 Å². The van der Waals surface area contributed by atoms with Gasteiger partial charge >= 0.3 is 0 Å². The Morgan fingerprint density at radius 2 is 1.95 bits per heavy atom. The highest BCUT2D eigenvalue weighted by molar-refractivity contribution is 6.31. The second kappa shape index (κ2) is 5.85. The number of ether oxygens (including phenoxy) is 2. The van der Waals surface area contributed by atoms with E-state index in [9.17, 15) is 0 Å². The van der Waals surface area contributed by atoms with Crippen LogP contribution < -0.4 is 15.2 Å². The molecule has 0 saturated carbocycles. The van der Waals surface area contributed by atoms with Gasteiger partial charge in [0, 0.05) is 22.3 Å². The maximum atomic E-state index is 5.97. The van der Waals surface area contributed by atoms with E-state index in [1.54, 1.807) is 13.2 Å². The van der Waals surface area contributed by atoms with Gasteiger partial charge < -0.3 is 15.2 Å². The van der Waals surface area contributed by atoms with Crippen molar-refractivity contribution in [1.82, 2.24) is 0 Å². The number of nitrogens with two attached hydrogens (primary N) is 1. The molecule has 0 amide bonds. The molecule has 2 aromatic rings. The van der Waals surface area contributed by atoms with Gasteiger partial charge in [-0.15, -0.1) is 0 Å². The fraction of sp³-hybridized carbons (Fsp3) is 0.200. The zero-order valence-electron chi connectivity index (χ0n) is 10.9. The normalized spacial score (nSPS) is 10.3. The van der Waals surface area contributed by atoms with Gasteiger partial charge in [-0.25, -0.2) is 0 Å². The molecule has 19 heavy (non-hydrogen) atoms. The van der Waals surface area contributed by atoms with Gasteiger partial charge in [0.15, 0.2) is 0 Å². The molecule has 0 radical (unpaired) electrons. The van der Waals surface area contributed by atoms with Crippen LogP contribution in [0, 0.1) is 6.92 Å². The summed E-state index contributed by atoms with van der Waals surface area (Å²) < 4.78 is 11.0. The van der Waals surface area contributed by atoms with E-state index < -0.39 is 0 Å². The summed E-state index contributed by atoms with van der Waals surface area (Å²) in [5.41, 5.74) is 8.32. The van der Waals surface area contributed by atoms with Crippen LogP contribution >= 0.6 is 11.6 Å². The van der Waals surface area contributed by atoms with Gasteiger partial charge in [0.05, 0.1) is 7.11 Å². The van der Waals surface area contributed by atoms with Crippen LogP contribution in [-0.2, 0) is 6.61 Å². The summed E-state index contributed by atoms with van der Waals surface area (Å²) in [6, 6.07) is 11.1. The third-order valence-corrected chi connectivity index (χ3v) is 3.26. The molecule has 0 aliphatic carbocycles. The van der Waals surface area contributed by atoms with Crippen LogP contribution in [0.25, 0.3) is 0 Å². The van der Waals surface area contributed by atoms with E-state index in [0.717, 1.165) is 27.6 Å². The summed E-state index contributed by atoms with van der Waals surface area (Å²) >= 11 is 5.97. The number of methoxy groups -OCH3 is 1. The minimum Gasteiger partial charge on any atom is -0.496 e. The average Bonchev–Trinajstić information content (AvgIpc) is 2.41. The Bertz CT molecular complexity index is 584. The number of nitrogen functional groups attached to an aromatic ring is 1. The number of rotatable bonds is 4. The molecule has 2 N–H and O–H groups in total. The highest BCUT2D eigenvalue weighted by atomic mass is 35.5. The number of hydrogen-bond acceptors (Lipinski definition) is 3. The Morgan fingerprint density at radius 3 is 2.63 bits per heavy atom. The third-order valence-electron chi connectivity index (χ3n) is 2.83. The van der Waals surface area contributed by atoms with Crippen LogP contribution in [0.1, 0.15) is 11.1 Å². The molecule has 0 aliphatic heterocycles. The second-order valence-corrected chi connectivity index (χ2v) is 4.68. The predicted octanol–water partition coefficient (Wildman–Crippen LogP) is 3.82. The Balaban J connectivity index is 2.12. The molecule has 0 heterocycles. The first kappa shape index (κ1) is 13.6. The van der Waals surface area contributed by atoms with Crippen LogP contribution in [0.2, 0.25) is 5.02 Å². The molecule has 100 valence electrons. The van der Waals surface area contributed by atoms with E-state index in [1.807, 2.05) is 37.3 Å². The van der Waals surface area contributed by atoms with E-state index in [1.165, 1.54) is 0 Å². The Hall–Kier alpha value is -1.87. The predicted molar refractivity (Wildman–Crippen MR) is 77.9 cm³/mol. The standard InChI is InChI=1S/C15H16ClNO2/c1-10-7-13(5-6-14(10)16)19-9-11-3-4-12(17)8-15(11)18-2/h3-8H,9,17H2,1-2H3. The van der Waals surface area contributed by atoms with Gasteiger partial charge in [0.1, 0.15) is 18.1 Å². The molecule has 0 atom stereocenters. The number of halogens is 1. The highest BCUT2D eigenvalue weighted by Gasteiger charge is 2.05. The third kappa shape index (κ3) is 3.32. The summed E-state index contributed by atoms with van der Waals surface area (Å²) in [6.07, 6.45) is 0. The highest BCUT2D eigenvalue weighted by Crippen LogP contribution is 2.25. The van der Waals surface area contributed by atoms with Crippen molar-refractivity contribution >= 4 is 17.3 Å². The lowest BCUT2D eigenvalue weighted by molar-refractivity contribution is 0.296. The van der Waals surface area contributed by atoms with Crippen LogP contribution in [0.15, 0.2) is 36.4 Å². The Kier molecular flexibility index (Phi) is 4.17. The average molecular weight is 278 g/mol. The lowest BCUT2D eigenvalue weighted by Crippen LogP contribution is -2.00. The Labute approximate surface area is 117 Å². The summed E-state index contributed by atoms with van der Waals surface area (Å²) in [5.74, 6) is 1.51. The van der Waals surface area contributed by atoms with Crippen molar-refractivity contribution in [2.45, 2.75) is 13.5 Å². The van der Waals surface area contributed by atoms with Crippen molar-refractivity contribution < 1.29 is 9.47 Å². The maximum absolute atomic E-state index is 5.97. The van der Waals surface area contributed by atoms with Gasteiger partial charge in [0.25, 0.3) is 0 Å². The van der Waals surface area contributed by atoms with E-state index in [2.05, 4.69) is 0 Å². The maximum Gasteiger partial charge on any atom is 0.127 e. The quantitative estimate of drug-likeness (QED) is 0.864. The molecule has 0 aromatic heterocycles. The zero-order valence-corrected chi connectivity index (χ0v) is 11.7. The van der Waals surface area contributed by atoms with E-state index in [4.69, 9.17) is 26.8 Å². The zero-order chi connectivity index (χ0) is 13.8. The van der Waals surface area contributed by atoms with E-state index in [-0.39, 0.29) is 0 Å². The SMILES string of the molecule is COc1cc(N)ccc1COc1ccc(Cl)c(C)c1. The van der Waals surface area contributed by atoms with Gasteiger partial charge in [-0.1, -0.05) is 11.6 Å². The molecule has 0 aliphatic rings. The molecule has 0 bridgehead atoms. The smallest absolute Gasteiger partial charge is 0.127 e. The van der Waals surface area contributed by atoms with Crippen molar-refractivity contribution in [3.05, 3.63) is 52.5 Å². The van der Waals surface area contributed by atoms with Crippen LogP contribution in [-0.4, -0.2) is 7.11 Å². The topological polar surface area (TPSA) is 44.5 Å². The summed E-state index contributed by atoms with van der Waals surface area (Å²) in [4.78, 5) is 0. The minimum absolute atomic E-state index is 0.421. The summed E-state index contributed by atoms with van der Waals surface area (Å²) in [7, 11) is 1.62. The first-order valence-electron chi connectivity index (χ1n) is 5.91. The van der Waals surface area contributed by atoms with Gasteiger partial charge in [-0.05, 0) is 42.8 Å². The van der Waals surface area contributed by atoms with Gasteiger partial charge in [-0.2, -0.15) is 0 Å². The van der Waals surface area contributed by atoms with Gasteiger partial charge in [0.2, 0.25) is 0 Å². The monoisotopic (exact) mass is 277 g/mol. The fourth-order valence-electron chi connectivity index (χ4n) is 1.75. The molecule has 3 nitrogen and oxygen atoms in total.